The highest BCUT2D eigenvalue weighted by Gasteiger charge is 2.21. The minimum atomic E-state index is 0.581. The van der Waals surface area contributed by atoms with E-state index in [-0.39, 0.29) is 0 Å². The lowest BCUT2D eigenvalue weighted by atomic mass is 10.2. The van der Waals surface area contributed by atoms with Gasteiger partial charge in [-0.1, -0.05) is 19.0 Å². The van der Waals surface area contributed by atoms with Gasteiger partial charge in [-0.3, -0.25) is 9.80 Å². The Hall–Kier alpha value is -1.73. The Morgan fingerprint density at radius 1 is 1.08 bits per heavy atom. The van der Waals surface area contributed by atoms with Crippen molar-refractivity contribution in [1.82, 2.24) is 29.7 Å². The van der Waals surface area contributed by atoms with Crippen molar-refractivity contribution in [2.24, 2.45) is 5.92 Å². The summed E-state index contributed by atoms with van der Waals surface area (Å²) in [5.74, 6) is 2.59. The summed E-state index contributed by atoms with van der Waals surface area (Å²) >= 11 is 0. The van der Waals surface area contributed by atoms with Crippen LogP contribution in [0.4, 0.5) is 0 Å². The van der Waals surface area contributed by atoms with E-state index in [1.165, 1.54) is 5.56 Å². The van der Waals surface area contributed by atoms with E-state index in [0.29, 0.717) is 5.92 Å². The average Bonchev–Trinajstić information content (AvgIpc) is 3.10. The molecule has 0 saturated carbocycles. The van der Waals surface area contributed by atoms with Crippen LogP contribution in [0, 0.1) is 19.8 Å². The largest absolute Gasteiger partial charge is 0.361 e. The molecular formula is C17H28N6O. The van der Waals surface area contributed by atoms with Crippen molar-refractivity contribution in [2.45, 2.75) is 47.3 Å². The normalized spacial score (nSPS) is 17.0. The first-order valence-electron chi connectivity index (χ1n) is 8.76. The molecule has 3 heterocycles. The molecule has 1 aliphatic rings. The van der Waals surface area contributed by atoms with Gasteiger partial charge >= 0.3 is 0 Å². The predicted octanol–water partition coefficient (Wildman–Crippen LogP) is 1.86. The van der Waals surface area contributed by atoms with E-state index in [0.717, 1.165) is 63.1 Å². The molecule has 1 fully saturated rings. The summed E-state index contributed by atoms with van der Waals surface area (Å²) in [6.07, 6.45) is 1.67. The van der Waals surface area contributed by atoms with Gasteiger partial charge in [0.1, 0.15) is 17.9 Å². The van der Waals surface area contributed by atoms with Crippen LogP contribution in [0.5, 0.6) is 0 Å². The van der Waals surface area contributed by atoms with Crippen molar-refractivity contribution < 1.29 is 4.52 Å². The Kier molecular flexibility index (Phi) is 5.30. The third kappa shape index (κ3) is 4.02. The molecule has 2 aromatic rings. The zero-order valence-corrected chi connectivity index (χ0v) is 15.2. The highest BCUT2D eigenvalue weighted by molar-refractivity contribution is 5.20. The smallest absolute Gasteiger partial charge is 0.141 e. The van der Waals surface area contributed by atoms with Gasteiger partial charge in [-0.2, -0.15) is 5.10 Å². The van der Waals surface area contributed by atoms with Gasteiger partial charge in [0.15, 0.2) is 0 Å². The first-order valence-corrected chi connectivity index (χ1v) is 8.76. The summed E-state index contributed by atoms with van der Waals surface area (Å²) in [5, 5.41) is 8.41. The molecule has 1 saturated heterocycles. The maximum Gasteiger partial charge on any atom is 0.141 e. The van der Waals surface area contributed by atoms with Crippen molar-refractivity contribution >= 4 is 0 Å². The van der Waals surface area contributed by atoms with E-state index < -0.39 is 0 Å². The number of nitrogens with zero attached hydrogens (tertiary/aromatic N) is 6. The molecule has 1 aliphatic heterocycles. The Balaban J connectivity index is 1.51. The SMILES string of the molecule is Cc1noc(C)c1CN1CCN(Cc2ncnn2CC(C)C)CC1. The summed E-state index contributed by atoms with van der Waals surface area (Å²) in [5.41, 5.74) is 2.25. The number of rotatable bonds is 6. The Morgan fingerprint density at radius 3 is 2.33 bits per heavy atom. The van der Waals surface area contributed by atoms with Crippen molar-refractivity contribution in [3.8, 4) is 0 Å². The lowest BCUT2D eigenvalue weighted by Crippen LogP contribution is -2.45. The summed E-state index contributed by atoms with van der Waals surface area (Å²) in [6.45, 7) is 15.4. The average molecular weight is 332 g/mol. The van der Waals surface area contributed by atoms with Crippen molar-refractivity contribution in [1.29, 1.82) is 0 Å². The number of piperazine rings is 1. The van der Waals surface area contributed by atoms with Crippen LogP contribution in [0.1, 0.15) is 36.7 Å². The fourth-order valence-electron chi connectivity index (χ4n) is 3.17. The second kappa shape index (κ2) is 7.44. The fourth-order valence-corrected chi connectivity index (χ4v) is 3.17. The van der Waals surface area contributed by atoms with E-state index in [1.807, 2.05) is 18.5 Å². The molecule has 0 amide bonds. The number of hydrogen-bond acceptors (Lipinski definition) is 6. The van der Waals surface area contributed by atoms with Crippen LogP contribution in [-0.4, -0.2) is 55.9 Å². The molecular weight excluding hydrogens is 304 g/mol. The Morgan fingerprint density at radius 2 is 1.75 bits per heavy atom. The molecule has 0 radical (unpaired) electrons. The first-order chi connectivity index (χ1) is 11.5. The first kappa shape index (κ1) is 17.1. The molecule has 2 aromatic heterocycles. The summed E-state index contributed by atoms with van der Waals surface area (Å²) in [6, 6.07) is 0. The Labute approximate surface area is 143 Å². The van der Waals surface area contributed by atoms with Crippen molar-refractivity contribution in [2.75, 3.05) is 26.2 Å². The minimum Gasteiger partial charge on any atom is -0.361 e. The maximum absolute atomic E-state index is 5.27. The molecule has 0 aliphatic carbocycles. The third-order valence-corrected chi connectivity index (χ3v) is 4.63. The van der Waals surface area contributed by atoms with Gasteiger partial charge < -0.3 is 4.52 Å². The van der Waals surface area contributed by atoms with Crippen molar-refractivity contribution in [3.63, 3.8) is 0 Å². The number of aryl methyl sites for hydroxylation is 2. The molecule has 0 spiro atoms. The molecule has 0 unspecified atom stereocenters. The maximum atomic E-state index is 5.27. The van der Waals surface area contributed by atoms with Crippen LogP contribution < -0.4 is 0 Å². The van der Waals surface area contributed by atoms with Crippen LogP contribution in [0.25, 0.3) is 0 Å². The fraction of sp³-hybridized carbons (Fsp3) is 0.706. The van der Waals surface area contributed by atoms with Gasteiger partial charge in [0.2, 0.25) is 0 Å². The van der Waals surface area contributed by atoms with Crippen LogP contribution in [0.15, 0.2) is 10.9 Å². The van der Waals surface area contributed by atoms with Gasteiger partial charge in [0.25, 0.3) is 0 Å². The highest BCUT2D eigenvalue weighted by Crippen LogP contribution is 2.16. The molecule has 7 heteroatoms. The molecule has 132 valence electrons. The quantitative estimate of drug-likeness (QED) is 0.804. The van der Waals surface area contributed by atoms with Gasteiger partial charge in [-0.05, 0) is 19.8 Å². The van der Waals surface area contributed by atoms with Crippen LogP contribution in [0.3, 0.4) is 0 Å². The van der Waals surface area contributed by atoms with Gasteiger partial charge in [0, 0.05) is 44.8 Å². The number of hydrogen-bond donors (Lipinski definition) is 0. The summed E-state index contributed by atoms with van der Waals surface area (Å²) < 4.78 is 7.31. The number of aromatic nitrogens is 4. The van der Waals surface area contributed by atoms with E-state index in [1.54, 1.807) is 6.33 Å². The second-order valence-electron chi connectivity index (χ2n) is 7.11. The van der Waals surface area contributed by atoms with E-state index in [9.17, 15) is 0 Å². The van der Waals surface area contributed by atoms with Crippen LogP contribution >= 0.6 is 0 Å². The Bertz CT molecular complexity index is 634. The molecule has 3 rings (SSSR count). The van der Waals surface area contributed by atoms with E-state index in [4.69, 9.17) is 4.52 Å². The lowest BCUT2D eigenvalue weighted by molar-refractivity contribution is 0.118. The predicted molar refractivity (Wildman–Crippen MR) is 91.4 cm³/mol. The zero-order chi connectivity index (χ0) is 17.1. The van der Waals surface area contributed by atoms with Gasteiger partial charge in [-0.25, -0.2) is 9.67 Å². The molecule has 7 nitrogen and oxygen atoms in total. The molecule has 0 bridgehead atoms. The monoisotopic (exact) mass is 332 g/mol. The van der Waals surface area contributed by atoms with Crippen molar-refractivity contribution in [3.05, 3.63) is 29.2 Å². The standard InChI is InChI=1S/C17H28N6O/c1-13(2)9-23-17(18-12-19-23)11-22-7-5-21(6-8-22)10-16-14(3)20-24-15(16)4/h12-13H,5-11H2,1-4H3. The van der Waals surface area contributed by atoms with Crippen LogP contribution in [-0.2, 0) is 19.6 Å². The second-order valence-corrected chi connectivity index (χ2v) is 7.11. The van der Waals surface area contributed by atoms with E-state index in [2.05, 4.69) is 38.9 Å². The molecule has 0 atom stereocenters. The van der Waals surface area contributed by atoms with Gasteiger partial charge in [-0.15, -0.1) is 0 Å². The molecule has 0 N–H and O–H groups in total. The minimum absolute atomic E-state index is 0.581. The summed E-state index contributed by atoms with van der Waals surface area (Å²) in [4.78, 5) is 9.38. The van der Waals surface area contributed by atoms with E-state index >= 15 is 0 Å². The van der Waals surface area contributed by atoms with Gasteiger partial charge in [0.05, 0.1) is 12.2 Å². The topological polar surface area (TPSA) is 63.2 Å². The lowest BCUT2D eigenvalue weighted by Gasteiger charge is -2.34. The zero-order valence-electron chi connectivity index (χ0n) is 15.2. The van der Waals surface area contributed by atoms with Crippen LogP contribution in [0.2, 0.25) is 0 Å². The summed E-state index contributed by atoms with van der Waals surface area (Å²) in [7, 11) is 0. The molecule has 24 heavy (non-hydrogen) atoms. The highest BCUT2D eigenvalue weighted by atomic mass is 16.5. The molecule has 0 aromatic carbocycles. The third-order valence-electron chi connectivity index (χ3n) is 4.63.